The van der Waals surface area contributed by atoms with Crippen LogP contribution in [0.1, 0.15) is 12.6 Å². The van der Waals surface area contributed by atoms with Crippen molar-refractivity contribution < 1.29 is 9.53 Å². The third-order valence-corrected chi connectivity index (χ3v) is 1.27. The van der Waals surface area contributed by atoms with E-state index in [2.05, 4.69) is 10.2 Å². The fourth-order valence-electron chi connectivity index (χ4n) is 0.813. The van der Waals surface area contributed by atoms with E-state index < -0.39 is 0 Å². The average Bonchev–Trinajstić information content (AvgIpc) is 2.37. The number of rotatable bonds is 3. The molecule has 12 heavy (non-hydrogen) atoms. The Bertz CT molecular complexity index is 312. The Labute approximate surface area is 69.2 Å². The number of nitrogens with one attached hydrogen (secondary N) is 1. The molecule has 5 heteroatoms. The molecule has 5 nitrogen and oxygen atoms in total. The van der Waals surface area contributed by atoms with Gasteiger partial charge in [0.1, 0.15) is 11.6 Å². The van der Waals surface area contributed by atoms with E-state index in [0.717, 1.165) is 0 Å². The van der Waals surface area contributed by atoms with Gasteiger partial charge in [0.15, 0.2) is 11.6 Å². The predicted molar refractivity (Wildman–Crippen MR) is 44.3 cm³/mol. The standard InChI is InChI=1S/C7H9N3O2/c1-2-12-6-5(3-4-11)9-10-7(6)8/h3H,2H2,1H3,(H3,8,9,10). The van der Waals surface area contributed by atoms with Crippen LogP contribution in [0.4, 0.5) is 5.82 Å². The van der Waals surface area contributed by atoms with E-state index in [1.165, 1.54) is 6.08 Å². The number of nitrogens with two attached hydrogens (primary N) is 1. The molecule has 0 atom stereocenters. The summed E-state index contributed by atoms with van der Waals surface area (Å²) >= 11 is 0. The number of anilines is 1. The summed E-state index contributed by atoms with van der Waals surface area (Å²) in [6.07, 6.45) is 1.19. The second-order valence-electron chi connectivity index (χ2n) is 2.05. The summed E-state index contributed by atoms with van der Waals surface area (Å²) in [4.78, 5) is 10.0. The lowest BCUT2D eigenvalue weighted by molar-refractivity contribution is 0.341. The van der Waals surface area contributed by atoms with Gasteiger partial charge in [-0.1, -0.05) is 0 Å². The Hall–Kier alpha value is -1.74. The zero-order valence-corrected chi connectivity index (χ0v) is 6.63. The summed E-state index contributed by atoms with van der Waals surface area (Å²) in [6, 6.07) is 0. The monoisotopic (exact) mass is 167 g/mol. The average molecular weight is 167 g/mol. The zero-order valence-electron chi connectivity index (χ0n) is 6.63. The van der Waals surface area contributed by atoms with Gasteiger partial charge in [-0.05, 0) is 6.92 Å². The van der Waals surface area contributed by atoms with Gasteiger partial charge in [0, 0.05) is 0 Å². The number of aromatic nitrogens is 2. The van der Waals surface area contributed by atoms with Gasteiger partial charge in [-0.25, -0.2) is 4.79 Å². The van der Waals surface area contributed by atoms with E-state index >= 15 is 0 Å². The van der Waals surface area contributed by atoms with Crippen molar-refractivity contribution in [3.05, 3.63) is 5.69 Å². The zero-order chi connectivity index (χ0) is 8.97. The number of nitrogens with zero attached hydrogens (tertiary/aromatic N) is 1. The van der Waals surface area contributed by atoms with E-state index in [1.54, 1.807) is 5.94 Å². The number of hydrogen-bond acceptors (Lipinski definition) is 4. The quantitative estimate of drug-likeness (QED) is 0.631. The number of carbonyl (C=O) groups excluding carboxylic acids is 1. The van der Waals surface area contributed by atoms with Crippen LogP contribution in [0.25, 0.3) is 6.08 Å². The number of ether oxygens (including phenoxy) is 1. The first-order valence-corrected chi connectivity index (χ1v) is 3.47. The normalized spacial score (nSPS) is 9.08. The molecule has 1 heterocycles. The van der Waals surface area contributed by atoms with Crippen molar-refractivity contribution in [1.29, 1.82) is 0 Å². The first-order valence-electron chi connectivity index (χ1n) is 3.47. The van der Waals surface area contributed by atoms with Gasteiger partial charge in [0.2, 0.25) is 0 Å². The topological polar surface area (TPSA) is 81.0 Å². The molecule has 0 spiro atoms. The lowest BCUT2D eigenvalue weighted by atomic mass is 10.4. The van der Waals surface area contributed by atoms with Crippen LogP contribution in [0.5, 0.6) is 5.75 Å². The first-order chi connectivity index (χ1) is 5.79. The molecule has 0 aliphatic heterocycles. The Balaban J connectivity index is 3.02. The third kappa shape index (κ3) is 1.46. The summed E-state index contributed by atoms with van der Waals surface area (Å²) in [5.74, 6) is 2.27. The lowest BCUT2D eigenvalue weighted by Gasteiger charge is -1.99. The molecule has 0 amide bonds. The van der Waals surface area contributed by atoms with Crippen LogP contribution < -0.4 is 10.5 Å². The van der Waals surface area contributed by atoms with Crippen molar-refractivity contribution >= 4 is 17.8 Å². The summed E-state index contributed by atoms with van der Waals surface area (Å²) in [6.45, 7) is 2.30. The molecule has 0 aliphatic carbocycles. The highest BCUT2D eigenvalue weighted by Crippen LogP contribution is 2.23. The Kier molecular flexibility index (Phi) is 2.50. The van der Waals surface area contributed by atoms with E-state index in [9.17, 15) is 4.79 Å². The van der Waals surface area contributed by atoms with Crippen molar-refractivity contribution in [1.82, 2.24) is 10.2 Å². The van der Waals surface area contributed by atoms with Crippen molar-refractivity contribution in [2.75, 3.05) is 12.3 Å². The van der Waals surface area contributed by atoms with Crippen LogP contribution in [0.15, 0.2) is 0 Å². The molecule has 0 saturated heterocycles. The molecule has 1 aromatic rings. The molecular formula is C7H9N3O2. The summed E-state index contributed by atoms with van der Waals surface area (Å²) < 4.78 is 5.13. The molecular weight excluding hydrogens is 158 g/mol. The minimum atomic E-state index is 0.248. The minimum Gasteiger partial charge on any atom is -0.488 e. The SMILES string of the molecule is CCOc1c(N)n[nH]c1C=C=O. The van der Waals surface area contributed by atoms with Gasteiger partial charge >= 0.3 is 0 Å². The molecule has 0 aliphatic rings. The van der Waals surface area contributed by atoms with Crippen LogP contribution in [-0.2, 0) is 4.79 Å². The van der Waals surface area contributed by atoms with Crippen molar-refractivity contribution in [2.45, 2.75) is 6.92 Å². The summed E-state index contributed by atoms with van der Waals surface area (Å²) in [5, 5.41) is 6.21. The Morgan fingerprint density at radius 2 is 2.58 bits per heavy atom. The van der Waals surface area contributed by atoms with Gasteiger partial charge in [0.25, 0.3) is 0 Å². The van der Waals surface area contributed by atoms with Crippen molar-refractivity contribution in [2.24, 2.45) is 0 Å². The fourth-order valence-corrected chi connectivity index (χ4v) is 0.813. The van der Waals surface area contributed by atoms with E-state index in [-0.39, 0.29) is 5.82 Å². The smallest absolute Gasteiger partial charge is 0.188 e. The summed E-state index contributed by atoms with van der Waals surface area (Å²) in [5.41, 5.74) is 5.89. The van der Waals surface area contributed by atoms with Gasteiger partial charge < -0.3 is 10.5 Å². The largest absolute Gasteiger partial charge is 0.488 e. The molecule has 1 aromatic heterocycles. The van der Waals surface area contributed by atoms with Crippen molar-refractivity contribution in [3.63, 3.8) is 0 Å². The number of H-pyrrole nitrogens is 1. The number of hydrogen-bond donors (Lipinski definition) is 2. The van der Waals surface area contributed by atoms with Crippen molar-refractivity contribution in [3.8, 4) is 5.75 Å². The van der Waals surface area contributed by atoms with E-state index in [1.807, 2.05) is 6.92 Å². The molecule has 1 rings (SSSR count). The fraction of sp³-hybridized carbons (Fsp3) is 0.286. The maximum Gasteiger partial charge on any atom is 0.188 e. The van der Waals surface area contributed by atoms with Gasteiger partial charge in [-0.2, -0.15) is 5.10 Å². The second-order valence-corrected chi connectivity index (χ2v) is 2.05. The molecule has 0 aromatic carbocycles. The maximum absolute atomic E-state index is 10.0. The second kappa shape index (κ2) is 3.59. The molecule has 3 N–H and O–H groups in total. The van der Waals surface area contributed by atoms with Crippen LogP contribution in [-0.4, -0.2) is 22.7 Å². The highest BCUT2D eigenvalue weighted by molar-refractivity contribution is 5.77. The van der Waals surface area contributed by atoms with Crippen LogP contribution in [0.3, 0.4) is 0 Å². The molecule has 0 radical (unpaired) electrons. The van der Waals surface area contributed by atoms with Crippen LogP contribution in [0, 0.1) is 0 Å². The molecule has 0 saturated carbocycles. The third-order valence-electron chi connectivity index (χ3n) is 1.27. The highest BCUT2D eigenvalue weighted by atomic mass is 16.5. The first kappa shape index (κ1) is 8.36. The van der Waals surface area contributed by atoms with Crippen LogP contribution >= 0.6 is 0 Å². The maximum atomic E-state index is 10.0. The Morgan fingerprint density at radius 1 is 1.83 bits per heavy atom. The molecule has 64 valence electrons. The summed E-state index contributed by atoms with van der Waals surface area (Å²) in [7, 11) is 0. The minimum absolute atomic E-state index is 0.248. The van der Waals surface area contributed by atoms with Gasteiger partial charge in [0.05, 0.1) is 12.7 Å². The predicted octanol–water partition coefficient (Wildman–Crippen LogP) is 0.235. The van der Waals surface area contributed by atoms with Crippen LogP contribution in [0.2, 0.25) is 0 Å². The molecule has 0 bridgehead atoms. The van der Waals surface area contributed by atoms with Gasteiger partial charge in [-0.3, -0.25) is 5.10 Å². The lowest BCUT2D eigenvalue weighted by Crippen LogP contribution is -1.95. The highest BCUT2D eigenvalue weighted by Gasteiger charge is 2.08. The number of nitrogen functional groups attached to an aromatic ring is 1. The van der Waals surface area contributed by atoms with E-state index in [4.69, 9.17) is 10.5 Å². The Morgan fingerprint density at radius 3 is 3.17 bits per heavy atom. The molecule has 0 fully saturated rings. The van der Waals surface area contributed by atoms with Gasteiger partial charge in [-0.15, -0.1) is 0 Å². The van der Waals surface area contributed by atoms with E-state index in [0.29, 0.717) is 18.1 Å². The number of aromatic amines is 1. The molecule has 0 unspecified atom stereocenters.